The number of aromatic nitrogens is 2. The van der Waals surface area contributed by atoms with Crippen molar-refractivity contribution in [3.63, 3.8) is 0 Å². The van der Waals surface area contributed by atoms with Gasteiger partial charge < -0.3 is 10.5 Å². The van der Waals surface area contributed by atoms with Gasteiger partial charge in [-0.2, -0.15) is 5.10 Å². The van der Waals surface area contributed by atoms with Crippen LogP contribution in [0.1, 0.15) is 38.1 Å². The quantitative estimate of drug-likeness (QED) is 0.901. The molecule has 23 heavy (non-hydrogen) atoms. The molecule has 0 unspecified atom stereocenters. The monoisotopic (exact) mass is 325 g/mol. The Morgan fingerprint density at radius 2 is 1.74 bits per heavy atom. The number of nitrogens with zero attached hydrogens (tertiary/aromatic N) is 2. The zero-order valence-corrected chi connectivity index (χ0v) is 12.5. The van der Waals surface area contributed by atoms with Gasteiger partial charge in [-0.1, -0.05) is 19.3 Å². The van der Waals surface area contributed by atoms with Crippen molar-refractivity contribution in [3.8, 4) is 17.0 Å². The average Bonchev–Trinajstić information content (AvgIpc) is 2.89. The molecule has 1 heterocycles. The van der Waals surface area contributed by atoms with Crippen molar-refractivity contribution in [2.45, 2.75) is 44.5 Å². The Hall–Kier alpha value is -2.18. The minimum atomic E-state index is -4.69. The lowest BCUT2D eigenvalue weighted by atomic mass is 9.96. The molecular formula is C16H18F3N3O. The molecule has 0 radical (unpaired) electrons. The van der Waals surface area contributed by atoms with E-state index in [1.807, 2.05) is 4.68 Å². The van der Waals surface area contributed by atoms with Crippen LogP contribution in [0.4, 0.5) is 19.0 Å². The van der Waals surface area contributed by atoms with Crippen LogP contribution in [0.5, 0.6) is 5.75 Å². The lowest BCUT2D eigenvalue weighted by Crippen LogP contribution is -2.17. The number of anilines is 1. The first-order valence-electron chi connectivity index (χ1n) is 7.63. The van der Waals surface area contributed by atoms with Crippen LogP contribution in [-0.4, -0.2) is 16.1 Å². The molecule has 7 heteroatoms. The van der Waals surface area contributed by atoms with Crippen molar-refractivity contribution in [2.75, 3.05) is 5.73 Å². The maximum absolute atomic E-state index is 12.2. The Labute approximate surface area is 132 Å². The average molecular weight is 325 g/mol. The molecule has 124 valence electrons. The third-order valence-electron chi connectivity index (χ3n) is 4.07. The molecule has 2 aromatic rings. The number of hydrogen-bond acceptors (Lipinski definition) is 3. The molecule has 1 saturated carbocycles. The lowest BCUT2D eigenvalue weighted by Gasteiger charge is -2.22. The summed E-state index contributed by atoms with van der Waals surface area (Å²) in [5.41, 5.74) is 7.42. The normalized spacial score (nSPS) is 16.5. The molecule has 1 aromatic carbocycles. The largest absolute Gasteiger partial charge is 0.573 e. The third kappa shape index (κ3) is 3.78. The van der Waals surface area contributed by atoms with Crippen LogP contribution in [-0.2, 0) is 0 Å². The molecule has 2 N–H and O–H groups in total. The van der Waals surface area contributed by atoms with Crippen LogP contribution in [0.2, 0.25) is 0 Å². The van der Waals surface area contributed by atoms with Gasteiger partial charge in [0.15, 0.2) is 0 Å². The summed E-state index contributed by atoms with van der Waals surface area (Å²) in [7, 11) is 0. The Morgan fingerprint density at radius 3 is 2.35 bits per heavy atom. The SMILES string of the molecule is Nc1cc(-c2ccc(OC(F)(F)F)cc2)nn1C1CCCCC1. The number of rotatable bonds is 3. The van der Waals surface area contributed by atoms with Crippen LogP contribution < -0.4 is 10.5 Å². The van der Waals surface area contributed by atoms with Crippen LogP contribution in [0.3, 0.4) is 0 Å². The Morgan fingerprint density at radius 1 is 1.09 bits per heavy atom. The van der Waals surface area contributed by atoms with Crippen molar-refractivity contribution in [2.24, 2.45) is 0 Å². The molecule has 0 bridgehead atoms. The standard InChI is InChI=1S/C16H18F3N3O/c17-16(18,19)23-13-8-6-11(7-9-13)14-10-15(20)22(21-14)12-4-2-1-3-5-12/h6-10,12H,1-5,20H2. The molecule has 0 amide bonds. The predicted molar refractivity (Wildman–Crippen MR) is 80.9 cm³/mol. The van der Waals surface area contributed by atoms with Gasteiger partial charge in [-0.15, -0.1) is 13.2 Å². The van der Waals surface area contributed by atoms with Crippen LogP contribution in [0, 0.1) is 0 Å². The Balaban J connectivity index is 1.79. The molecular weight excluding hydrogens is 307 g/mol. The Kier molecular flexibility index (Phi) is 4.19. The summed E-state index contributed by atoms with van der Waals surface area (Å²) in [5, 5.41) is 4.54. The third-order valence-corrected chi connectivity index (χ3v) is 4.07. The molecule has 1 aliphatic rings. The summed E-state index contributed by atoms with van der Waals surface area (Å²) in [6.07, 6.45) is 1.01. The number of nitrogen functional groups attached to an aromatic ring is 1. The van der Waals surface area contributed by atoms with Crippen LogP contribution >= 0.6 is 0 Å². The first kappa shape index (κ1) is 15.7. The zero-order chi connectivity index (χ0) is 16.4. The highest BCUT2D eigenvalue weighted by atomic mass is 19.4. The van der Waals surface area contributed by atoms with E-state index in [1.54, 1.807) is 18.2 Å². The highest BCUT2D eigenvalue weighted by molar-refractivity contribution is 5.63. The molecule has 1 aliphatic carbocycles. The maximum Gasteiger partial charge on any atom is 0.573 e. The molecule has 0 aliphatic heterocycles. The van der Waals surface area contributed by atoms with E-state index in [4.69, 9.17) is 5.73 Å². The minimum Gasteiger partial charge on any atom is -0.406 e. The van der Waals surface area contributed by atoms with E-state index < -0.39 is 6.36 Å². The first-order chi connectivity index (χ1) is 10.9. The number of alkyl halides is 3. The fourth-order valence-corrected chi connectivity index (χ4v) is 3.00. The van der Waals surface area contributed by atoms with Gasteiger partial charge in [0.05, 0.1) is 11.7 Å². The summed E-state index contributed by atoms with van der Waals surface area (Å²) in [6, 6.07) is 7.72. The number of nitrogens with two attached hydrogens (primary N) is 1. The second kappa shape index (κ2) is 6.14. The van der Waals surface area contributed by atoms with Crippen molar-refractivity contribution < 1.29 is 17.9 Å². The molecule has 0 saturated heterocycles. The van der Waals surface area contributed by atoms with Crippen molar-refractivity contribution >= 4 is 5.82 Å². The second-order valence-electron chi connectivity index (χ2n) is 5.76. The number of ether oxygens (including phenoxy) is 1. The lowest BCUT2D eigenvalue weighted by molar-refractivity contribution is -0.274. The van der Waals surface area contributed by atoms with Crippen LogP contribution in [0.25, 0.3) is 11.3 Å². The van der Waals surface area contributed by atoms with Gasteiger partial charge in [-0.3, -0.25) is 0 Å². The number of benzene rings is 1. The minimum absolute atomic E-state index is 0.249. The predicted octanol–water partition coefficient (Wildman–Crippen LogP) is 4.54. The van der Waals surface area contributed by atoms with E-state index in [0.29, 0.717) is 23.1 Å². The van der Waals surface area contributed by atoms with Crippen molar-refractivity contribution in [1.29, 1.82) is 0 Å². The van der Waals surface area contributed by atoms with E-state index in [9.17, 15) is 13.2 Å². The van der Waals surface area contributed by atoms with E-state index >= 15 is 0 Å². The van der Waals surface area contributed by atoms with Crippen molar-refractivity contribution in [1.82, 2.24) is 9.78 Å². The highest BCUT2D eigenvalue weighted by Crippen LogP contribution is 2.32. The first-order valence-corrected chi connectivity index (χ1v) is 7.63. The molecule has 1 aromatic heterocycles. The van der Waals surface area contributed by atoms with Gasteiger partial charge in [0.2, 0.25) is 0 Å². The van der Waals surface area contributed by atoms with E-state index in [0.717, 1.165) is 12.8 Å². The smallest absolute Gasteiger partial charge is 0.406 e. The molecule has 3 rings (SSSR count). The van der Waals surface area contributed by atoms with Gasteiger partial charge in [0.1, 0.15) is 11.6 Å². The van der Waals surface area contributed by atoms with Gasteiger partial charge in [-0.25, -0.2) is 4.68 Å². The number of hydrogen-bond donors (Lipinski definition) is 1. The van der Waals surface area contributed by atoms with Crippen LogP contribution in [0.15, 0.2) is 30.3 Å². The van der Waals surface area contributed by atoms with Gasteiger partial charge >= 0.3 is 6.36 Å². The molecule has 4 nitrogen and oxygen atoms in total. The van der Waals surface area contributed by atoms with E-state index in [1.165, 1.54) is 31.4 Å². The van der Waals surface area contributed by atoms with Gasteiger partial charge in [0.25, 0.3) is 0 Å². The number of halogens is 3. The zero-order valence-electron chi connectivity index (χ0n) is 12.5. The van der Waals surface area contributed by atoms with Gasteiger partial charge in [-0.05, 0) is 37.1 Å². The van der Waals surface area contributed by atoms with Gasteiger partial charge in [0, 0.05) is 11.6 Å². The summed E-state index contributed by atoms with van der Waals surface area (Å²) >= 11 is 0. The fraction of sp³-hybridized carbons (Fsp3) is 0.438. The van der Waals surface area contributed by atoms with E-state index in [2.05, 4.69) is 9.84 Å². The summed E-state index contributed by atoms with van der Waals surface area (Å²) < 4.78 is 42.2. The topological polar surface area (TPSA) is 53.1 Å². The summed E-state index contributed by atoms with van der Waals surface area (Å²) in [5.74, 6) is 0.337. The summed E-state index contributed by atoms with van der Waals surface area (Å²) in [6.45, 7) is 0. The fourth-order valence-electron chi connectivity index (χ4n) is 3.00. The van der Waals surface area contributed by atoms with Crippen molar-refractivity contribution in [3.05, 3.63) is 30.3 Å². The second-order valence-corrected chi connectivity index (χ2v) is 5.76. The molecule has 1 fully saturated rings. The summed E-state index contributed by atoms with van der Waals surface area (Å²) in [4.78, 5) is 0. The molecule has 0 atom stereocenters. The molecule has 0 spiro atoms. The maximum atomic E-state index is 12.2. The Bertz CT molecular complexity index is 658. The highest BCUT2D eigenvalue weighted by Gasteiger charge is 2.31. The van der Waals surface area contributed by atoms with E-state index in [-0.39, 0.29) is 5.75 Å².